The van der Waals surface area contributed by atoms with E-state index in [0.717, 1.165) is 37.5 Å². The van der Waals surface area contributed by atoms with Crippen LogP contribution >= 0.6 is 0 Å². The summed E-state index contributed by atoms with van der Waals surface area (Å²) in [6, 6.07) is 39.8. The zero-order chi connectivity index (χ0) is 26.2. The van der Waals surface area contributed by atoms with Gasteiger partial charge in [-0.05, 0) is 59.0 Å². The Balaban J connectivity index is 1.19. The van der Waals surface area contributed by atoms with Gasteiger partial charge in [0.2, 0.25) is 0 Å². The average molecular weight is 505 g/mol. The minimum absolute atomic E-state index is 0.280. The van der Waals surface area contributed by atoms with Gasteiger partial charge in [0.1, 0.15) is 18.5 Å². The molecule has 38 heavy (non-hydrogen) atoms. The van der Waals surface area contributed by atoms with Crippen molar-refractivity contribution < 1.29 is 9.84 Å². The molecule has 1 saturated heterocycles. The van der Waals surface area contributed by atoms with Gasteiger partial charge in [0.15, 0.2) is 0 Å². The maximum atomic E-state index is 10.6. The minimum atomic E-state index is -0.530. The number of rotatable bonds is 9. The maximum Gasteiger partial charge on any atom is 0.119 e. The molecule has 1 fully saturated rings. The van der Waals surface area contributed by atoms with E-state index in [9.17, 15) is 5.11 Å². The van der Waals surface area contributed by atoms with Gasteiger partial charge in [-0.1, -0.05) is 91.0 Å². The Morgan fingerprint density at radius 1 is 0.684 bits per heavy atom. The van der Waals surface area contributed by atoms with Crippen LogP contribution in [0.25, 0.3) is 11.1 Å². The predicted octanol–water partition coefficient (Wildman–Crippen LogP) is 6.23. The molecule has 0 radical (unpaired) electrons. The number of allylic oxidation sites excluding steroid dienone is 1. The quantitative estimate of drug-likeness (QED) is 0.274. The summed E-state index contributed by atoms with van der Waals surface area (Å²) in [7, 11) is 0. The molecule has 0 amide bonds. The lowest BCUT2D eigenvalue weighted by atomic mass is 9.90. The van der Waals surface area contributed by atoms with Crippen LogP contribution in [0.1, 0.15) is 23.6 Å². The van der Waals surface area contributed by atoms with Crippen LogP contribution in [0.3, 0.4) is 0 Å². The van der Waals surface area contributed by atoms with Crippen LogP contribution in [-0.4, -0.2) is 55.4 Å². The molecule has 4 nitrogen and oxygen atoms in total. The van der Waals surface area contributed by atoms with Crippen LogP contribution in [0.15, 0.2) is 115 Å². The molecule has 0 aromatic heterocycles. The van der Waals surface area contributed by atoms with Crippen molar-refractivity contribution in [3.05, 3.63) is 132 Å². The van der Waals surface area contributed by atoms with E-state index in [1.165, 1.54) is 28.0 Å². The van der Waals surface area contributed by atoms with E-state index in [1.807, 2.05) is 30.3 Å². The van der Waals surface area contributed by atoms with Crippen molar-refractivity contribution in [1.29, 1.82) is 0 Å². The smallest absolute Gasteiger partial charge is 0.119 e. The van der Waals surface area contributed by atoms with Gasteiger partial charge in [0.05, 0.1) is 0 Å². The molecule has 4 heteroatoms. The van der Waals surface area contributed by atoms with Crippen molar-refractivity contribution >= 4 is 16.8 Å². The largest absolute Gasteiger partial charge is 0.491 e. The first kappa shape index (κ1) is 25.8. The molecular weight excluding hydrogens is 468 g/mol. The number of ether oxygens (including phenoxy) is 1. The number of nitrogens with zero attached hydrogens (tertiary/aromatic N) is 2. The van der Waals surface area contributed by atoms with E-state index in [4.69, 9.17) is 4.74 Å². The number of hydrogen-bond acceptors (Lipinski definition) is 4. The van der Waals surface area contributed by atoms with Crippen LogP contribution in [0.4, 0.5) is 5.69 Å². The average Bonchev–Trinajstić information content (AvgIpc) is 2.99. The van der Waals surface area contributed by atoms with Gasteiger partial charge >= 0.3 is 0 Å². The zero-order valence-electron chi connectivity index (χ0n) is 22.0. The number of hydrogen-bond donors (Lipinski definition) is 1. The molecule has 1 aliphatic heterocycles. The number of piperazine rings is 1. The number of aliphatic hydroxyl groups excluding tert-OH is 1. The summed E-state index contributed by atoms with van der Waals surface area (Å²) >= 11 is 0. The Bertz CT molecular complexity index is 1300. The molecule has 1 atom stereocenters. The van der Waals surface area contributed by atoms with E-state index in [1.54, 1.807) is 0 Å². The monoisotopic (exact) mass is 504 g/mol. The summed E-state index contributed by atoms with van der Waals surface area (Å²) in [5, 5.41) is 10.6. The molecule has 0 aliphatic carbocycles. The zero-order valence-corrected chi connectivity index (χ0v) is 22.0. The Morgan fingerprint density at radius 3 is 1.82 bits per heavy atom. The van der Waals surface area contributed by atoms with Crippen LogP contribution in [-0.2, 0) is 0 Å². The highest BCUT2D eigenvalue weighted by Gasteiger charge is 2.20. The molecule has 194 valence electrons. The lowest BCUT2D eigenvalue weighted by molar-refractivity contribution is 0.0663. The molecule has 4 aromatic carbocycles. The third-order valence-electron chi connectivity index (χ3n) is 7.19. The Morgan fingerprint density at radius 2 is 1.21 bits per heavy atom. The minimum Gasteiger partial charge on any atom is -0.491 e. The Kier molecular flexibility index (Phi) is 8.54. The Labute approximate surface area is 226 Å². The van der Waals surface area contributed by atoms with E-state index in [0.29, 0.717) is 6.54 Å². The molecule has 0 bridgehead atoms. The van der Waals surface area contributed by atoms with E-state index in [2.05, 4.69) is 102 Å². The first-order valence-electron chi connectivity index (χ1n) is 13.4. The van der Waals surface area contributed by atoms with E-state index >= 15 is 0 Å². The number of β-amino-alcohol motifs (C(OH)–C–C–N with tert-alkyl or cyclic N) is 1. The highest BCUT2D eigenvalue weighted by Crippen LogP contribution is 2.32. The van der Waals surface area contributed by atoms with Crippen molar-refractivity contribution in [1.82, 2.24) is 4.90 Å². The maximum absolute atomic E-state index is 10.6. The third kappa shape index (κ3) is 6.52. The van der Waals surface area contributed by atoms with Gasteiger partial charge in [-0.15, -0.1) is 0 Å². The normalized spacial score (nSPS) is 15.6. The second-order valence-corrected chi connectivity index (χ2v) is 9.84. The van der Waals surface area contributed by atoms with Crippen molar-refractivity contribution in [3.8, 4) is 5.75 Å². The van der Waals surface area contributed by atoms with Gasteiger partial charge in [-0.2, -0.15) is 0 Å². The third-order valence-corrected chi connectivity index (χ3v) is 7.19. The SMILES string of the molecule is C/C(=C(/c1ccccc1)c1ccc(OCC(O)CN2CCN(c3ccccc3)CC2)cc1)c1ccccc1. The molecule has 1 aliphatic rings. The van der Waals surface area contributed by atoms with Crippen LogP contribution in [0.2, 0.25) is 0 Å². The van der Waals surface area contributed by atoms with Gasteiger partial charge in [-0.25, -0.2) is 0 Å². The van der Waals surface area contributed by atoms with Gasteiger partial charge in [-0.3, -0.25) is 4.90 Å². The molecule has 1 N–H and O–H groups in total. The lowest BCUT2D eigenvalue weighted by Gasteiger charge is -2.36. The highest BCUT2D eigenvalue weighted by atomic mass is 16.5. The van der Waals surface area contributed by atoms with Crippen LogP contribution < -0.4 is 9.64 Å². The topological polar surface area (TPSA) is 35.9 Å². The van der Waals surface area contributed by atoms with E-state index in [-0.39, 0.29) is 6.61 Å². The number of para-hydroxylation sites is 1. The fourth-order valence-corrected chi connectivity index (χ4v) is 5.13. The molecule has 0 spiro atoms. The van der Waals surface area contributed by atoms with Gasteiger partial charge in [0, 0.05) is 38.4 Å². The molecule has 1 heterocycles. The van der Waals surface area contributed by atoms with Crippen LogP contribution in [0, 0.1) is 0 Å². The predicted molar refractivity (Wildman–Crippen MR) is 158 cm³/mol. The van der Waals surface area contributed by atoms with Crippen LogP contribution in [0.5, 0.6) is 5.75 Å². The highest BCUT2D eigenvalue weighted by molar-refractivity contribution is 5.97. The summed E-state index contributed by atoms with van der Waals surface area (Å²) in [5.41, 5.74) is 7.24. The van der Waals surface area contributed by atoms with E-state index < -0.39 is 6.10 Å². The summed E-state index contributed by atoms with van der Waals surface area (Å²) in [4.78, 5) is 4.72. The number of aliphatic hydroxyl groups is 1. The molecule has 4 aromatic rings. The van der Waals surface area contributed by atoms with Crippen molar-refractivity contribution in [3.63, 3.8) is 0 Å². The standard InChI is InChI=1S/C34H36N2O2/c1-27(28-11-5-2-6-12-28)34(29-13-7-3-8-14-29)30-17-19-33(20-18-30)38-26-32(37)25-35-21-23-36(24-22-35)31-15-9-4-10-16-31/h2-20,32,37H,21-26H2,1H3/b34-27+. The van der Waals surface area contributed by atoms with Crippen molar-refractivity contribution in [2.24, 2.45) is 0 Å². The second kappa shape index (κ2) is 12.6. The summed E-state index contributed by atoms with van der Waals surface area (Å²) < 4.78 is 5.98. The fourth-order valence-electron chi connectivity index (χ4n) is 5.13. The molecule has 5 rings (SSSR count). The summed E-state index contributed by atoms with van der Waals surface area (Å²) in [6.07, 6.45) is -0.530. The first-order valence-corrected chi connectivity index (χ1v) is 13.4. The lowest BCUT2D eigenvalue weighted by Crippen LogP contribution is -2.49. The fraction of sp³-hybridized carbons (Fsp3) is 0.235. The van der Waals surface area contributed by atoms with Crippen molar-refractivity contribution in [2.45, 2.75) is 13.0 Å². The Hall–Kier alpha value is -3.86. The number of benzene rings is 4. The molecular formula is C34H36N2O2. The second-order valence-electron chi connectivity index (χ2n) is 9.84. The van der Waals surface area contributed by atoms with Gasteiger partial charge < -0.3 is 14.7 Å². The summed E-state index contributed by atoms with van der Waals surface area (Å²) in [5.74, 6) is 0.770. The number of anilines is 1. The molecule has 1 unspecified atom stereocenters. The van der Waals surface area contributed by atoms with Crippen molar-refractivity contribution in [2.75, 3.05) is 44.2 Å². The van der Waals surface area contributed by atoms with Gasteiger partial charge in [0.25, 0.3) is 0 Å². The molecule has 0 saturated carbocycles. The summed E-state index contributed by atoms with van der Waals surface area (Å²) in [6.45, 7) is 6.90. The first-order chi connectivity index (χ1) is 18.7.